The van der Waals surface area contributed by atoms with Crippen molar-refractivity contribution in [3.05, 3.63) is 17.6 Å². The maximum Gasteiger partial charge on any atom is 0.222 e. The molecule has 0 aromatic carbocycles. The highest BCUT2D eigenvalue weighted by Gasteiger charge is 2.30. The number of fused-ring (bicyclic) bond motifs is 1. The van der Waals surface area contributed by atoms with Gasteiger partial charge in [0, 0.05) is 50.7 Å². The van der Waals surface area contributed by atoms with Crippen LogP contribution in [0.3, 0.4) is 0 Å². The Kier molecular flexibility index (Phi) is 5.38. The van der Waals surface area contributed by atoms with Crippen molar-refractivity contribution in [2.75, 3.05) is 37.6 Å². The Morgan fingerprint density at radius 3 is 2.65 bits per heavy atom. The summed E-state index contributed by atoms with van der Waals surface area (Å²) in [5.41, 5.74) is 2.32. The number of piperazine rings is 1. The SMILES string of the molecule is CCCCC(=O)N1CCc2c(ncnc2N2CCN(C3CCC3)CC2)C1. The molecule has 4 rings (SSSR count). The zero-order chi connectivity index (χ0) is 17.9. The second-order valence-electron chi connectivity index (χ2n) is 7.90. The molecule has 0 unspecified atom stereocenters. The summed E-state index contributed by atoms with van der Waals surface area (Å²) in [6, 6.07) is 0.833. The summed E-state index contributed by atoms with van der Waals surface area (Å²) in [4.78, 5) is 28.6. The average Bonchev–Trinajstić information content (AvgIpc) is 2.64. The van der Waals surface area contributed by atoms with Crippen LogP contribution in [-0.4, -0.2) is 64.4 Å². The molecule has 6 nitrogen and oxygen atoms in total. The smallest absolute Gasteiger partial charge is 0.222 e. The average molecular weight is 358 g/mol. The molecule has 1 aromatic rings. The van der Waals surface area contributed by atoms with Gasteiger partial charge in [-0.2, -0.15) is 0 Å². The van der Waals surface area contributed by atoms with E-state index in [4.69, 9.17) is 0 Å². The van der Waals surface area contributed by atoms with Crippen LogP contribution < -0.4 is 4.90 Å². The summed E-state index contributed by atoms with van der Waals surface area (Å²) in [6.07, 6.45) is 9.43. The van der Waals surface area contributed by atoms with Gasteiger partial charge in [-0.3, -0.25) is 9.69 Å². The third-order valence-electron chi connectivity index (χ3n) is 6.29. The number of nitrogens with zero attached hydrogens (tertiary/aromatic N) is 5. The molecule has 2 fully saturated rings. The normalized spacial score (nSPS) is 21.4. The fourth-order valence-electron chi connectivity index (χ4n) is 4.36. The van der Waals surface area contributed by atoms with Crippen molar-refractivity contribution in [1.29, 1.82) is 0 Å². The standard InChI is InChI=1S/C20H31N5O/c1-2-3-7-19(26)25-9-8-17-18(14-25)21-15-22-20(17)24-12-10-23(11-13-24)16-5-4-6-16/h15-16H,2-14H2,1H3. The van der Waals surface area contributed by atoms with Crippen molar-refractivity contribution < 1.29 is 4.79 Å². The van der Waals surface area contributed by atoms with E-state index in [1.807, 2.05) is 4.90 Å². The van der Waals surface area contributed by atoms with Crippen LogP contribution in [0.4, 0.5) is 5.82 Å². The monoisotopic (exact) mass is 357 g/mol. The molecule has 1 amide bonds. The molecule has 0 N–H and O–H groups in total. The van der Waals surface area contributed by atoms with Gasteiger partial charge in [-0.1, -0.05) is 19.8 Å². The van der Waals surface area contributed by atoms with Crippen LogP contribution >= 0.6 is 0 Å². The van der Waals surface area contributed by atoms with Crippen molar-refractivity contribution in [2.24, 2.45) is 0 Å². The quantitative estimate of drug-likeness (QED) is 0.809. The number of rotatable bonds is 5. The first-order valence-corrected chi connectivity index (χ1v) is 10.4. The number of carbonyl (C=O) groups is 1. The maximum absolute atomic E-state index is 12.4. The van der Waals surface area contributed by atoms with Crippen LogP contribution in [0.2, 0.25) is 0 Å². The highest BCUT2D eigenvalue weighted by Crippen LogP contribution is 2.29. The zero-order valence-corrected chi connectivity index (χ0v) is 16.0. The minimum atomic E-state index is 0.270. The molecule has 0 spiro atoms. The van der Waals surface area contributed by atoms with E-state index < -0.39 is 0 Å². The predicted molar refractivity (Wildman–Crippen MR) is 102 cm³/mol. The molecule has 1 aromatic heterocycles. The van der Waals surface area contributed by atoms with E-state index in [9.17, 15) is 4.79 Å². The molecule has 3 aliphatic rings. The van der Waals surface area contributed by atoms with Crippen LogP contribution in [-0.2, 0) is 17.8 Å². The molecular weight excluding hydrogens is 326 g/mol. The topological polar surface area (TPSA) is 52.6 Å². The lowest BCUT2D eigenvalue weighted by Crippen LogP contribution is -2.52. The van der Waals surface area contributed by atoms with Gasteiger partial charge in [0.15, 0.2) is 0 Å². The molecule has 26 heavy (non-hydrogen) atoms. The van der Waals surface area contributed by atoms with E-state index in [1.54, 1.807) is 6.33 Å². The molecule has 1 saturated carbocycles. The third-order valence-corrected chi connectivity index (χ3v) is 6.29. The number of carbonyl (C=O) groups excluding carboxylic acids is 1. The van der Waals surface area contributed by atoms with E-state index in [0.29, 0.717) is 13.0 Å². The number of hydrogen-bond donors (Lipinski definition) is 0. The summed E-state index contributed by atoms with van der Waals surface area (Å²) in [5.74, 6) is 1.38. The van der Waals surface area contributed by atoms with Gasteiger partial charge in [-0.05, 0) is 25.7 Å². The van der Waals surface area contributed by atoms with Gasteiger partial charge in [0.25, 0.3) is 0 Å². The number of amides is 1. The van der Waals surface area contributed by atoms with Gasteiger partial charge in [0.1, 0.15) is 12.1 Å². The zero-order valence-electron chi connectivity index (χ0n) is 16.0. The first-order chi connectivity index (χ1) is 12.8. The summed E-state index contributed by atoms with van der Waals surface area (Å²) >= 11 is 0. The maximum atomic E-state index is 12.4. The summed E-state index contributed by atoms with van der Waals surface area (Å²) < 4.78 is 0. The third kappa shape index (κ3) is 3.56. The van der Waals surface area contributed by atoms with E-state index in [0.717, 1.165) is 69.5 Å². The van der Waals surface area contributed by atoms with Gasteiger partial charge in [-0.25, -0.2) is 9.97 Å². The molecule has 142 valence electrons. The van der Waals surface area contributed by atoms with Gasteiger partial charge in [0.2, 0.25) is 5.91 Å². The van der Waals surface area contributed by atoms with Crippen molar-refractivity contribution in [3.63, 3.8) is 0 Å². The number of unbranched alkanes of at least 4 members (excludes halogenated alkanes) is 1. The highest BCUT2D eigenvalue weighted by molar-refractivity contribution is 5.76. The van der Waals surface area contributed by atoms with E-state index in [-0.39, 0.29) is 5.91 Å². The van der Waals surface area contributed by atoms with E-state index >= 15 is 0 Å². The second kappa shape index (κ2) is 7.91. The molecule has 0 radical (unpaired) electrons. The molecular formula is C20H31N5O. The van der Waals surface area contributed by atoms with Gasteiger partial charge in [0.05, 0.1) is 12.2 Å². The highest BCUT2D eigenvalue weighted by atomic mass is 16.2. The molecule has 6 heteroatoms. The van der Waals surface area contributed by atoms with E-state index in [2.05, 4.69) is 26.7 Å². The van der Waals surface area contributed by atoms with Crippen molar-refractivity contribution in [1.82, 2.24) is 19.8 Å². The summed E-state index contributed by atoms with van der Waals surface area (Å²) in [6.45, 7) is 7.98. The Bertz CT molecular complexity index is 637. The Labute approximate surface area is 156 Å². The minimum absolute atomic E-state index is 0.270. The van der Waals surface area contributed by atoms with Crippen LogP contribution in [0.1, 0.15) is 56.7 Å². The molecule has 1 saturated heterocycles. The Hall–Kier alpha value is -1.69. The first kappa shape index (κ1) is 17.7. The lowest BCUT2D eigenvalue weighted by atomic mass is 9.91. The van der Waals surface area contributed by atoms with E-state index in [1.165, 1.54) is 24.8 Å². The summed E-state index contributed by atoms with van der Waals surface area (Å²) in [7, 11) is 0. The molecule has 1 aliphatic carbocycles. The second-order valence-corrected chi connectivity index (χ2v) is 7.90. The number of aromatic nitrogens is 2. The fourth-order valence-corrected chi connectivity index (χ4v) is 4.36. The van der Waals surface area contributed by atoms with Gasteiger partial charge >= 0.3 is 0 Å². The minimum Gasteiger partial charge on any atom is -0.354 e. The van der Waals surface area contributed by atoms with Crippen molar-refractivity contribution in [2.45, 2.75) is 64.5 Å². The molecule has 2 aliphatic heterocycles. The Balaban J connectivity index is 1.41. The predicted octanol–water partition coefficient (Wildman–Crippen LogP) is 2.23. The van der Waals surface area contributed by atoms with Gasteiger partial charge < -0.3 is 9.80 Å². The fraction of sp³-hybridized carbons (Fsp3) is 0.750. The largest absolute Gasteiger partial charge is 0.354 e. The first-order valence-electron chi connectivity index (χ1n) is 10.4. The van der Waals surface area contributed by atoms with Gasteiger partial charge in [-0.15, -0.1) is 0 Å². The Morgan fingerprint density at radius 1 is 1.15 bits per heavy atom. The lowest BCUT2D eigenvalue weighted by molar-refractivity contribution is -0.132. The molecule has 0 atom stereocenters. The van der Waals surface area contributed by atoms with Crippen molar-refractivity contribution >= 4 is 11.7 Å². The van der Waals surface area contributed by atoms with Crippen LogP contribution in [0.25, 0.3) is 0 Å². The van der Waals surface area contributed by atoms with Crippen LogP contribution in [0.5, 0.6) is 0 Å². The number of hydrogen-bond acceptors (Lipinski definition) is 5. The molecule has 3 heterocycles. The summed E-state index contributed by atoms with van der Waals surface area (Å²) in [5, 5.41) is 0. The number of anilines is 1. The van der Waals surface area contributed by atoms with Crippen LogP contribution in [0.15, 0.2) is 6.33 Å². The van der Waals surface area contributed by atoms with Crippen molar-refractivity contribution in [3.8, 4) is 0 Å². The Morgan fingerprint density at radius 2 is 1.96 bits per heavy atom. The lowest BCUT2D eigenvalue weighted by Gasteiger charge is -2.43. The van der Waals surface area contributed by atoms with Crippen LogP contribution in [0, 0.1) is 0 Å². The molecule has 0 bridgehead atoms.